The van der Waals surface area contributed by atoms with Crippen LogP contribution in [0.3, 0.4) is 0 Å². The Morgan fingerprint density at radius 3 is 2.61 bits per heavy atom. The molecule has 0 aliphatic heterocycles. The van der Waals surface area contributed by atoms with Gasteiger partial charge in [-0.3, -0.25) is 4.79 Å². The quantitative estimate of drug-likeness (QED) is 0.905. The van der Waals surface area contributed by atoms with E-state index in [-0.39, 0.29) is 5.91 Å². The van der Waals surface area contributed by atoms with E-state index in [1.807, 2.05) is 6.07 Å². The Bertz CT molecular complexity index is 421. The van der Waals surface area contributed by atoms with Crippen LogP contribution < -0.4 is 0 Å². The summed E-state index contributed by atoms with van der Waals surface area (Å²) >= 11 is 11.7. The van der Waals surface area contributed by atoms with E-state index in [1.165, 1.54) is 0 Å². The number of amides is 1. The van der Waals surface area contributed by atoms with E-state index in [9.17, 15) is 4.79 Å². The first-order valence-corrected chi connectivity index (χ1v) is 6.51. The highest BCUT2D eigenvalue weighted by Gasteiger charge is 2.11. The maximum absolute atomic E-state index is 11.8. The van der Waals surface area contributed by atoms with E-state index in [4.69, 9.17) is 28.3 Å². The Labute approximate surface area is 117 Å². The molecule has 1 unspecified atom stereocenters. The molecule has 0 spiro atoms. The van der Waals surface area contributed by atoms with E-state index in [0.29, 0.717) is 29.4 Å². The Kier molecular flexibility index (Phi) is 5.93. The zero-order valence-electron chi connectivity index (χ0n) is 10.5. The Balaban J connectivity index is 2.55. The summed E-state index contributed by atoms with van der Waals surface area (Å²) in [5, 5.41) is 10.1. The van der Waals surface area contributed by atoms with Crippen molar-refractivity contribution >= 4 is 29.1 Å². The average Bonchev–Trinajstić information content (AvgIpc) is 2.30. The molecular formula is C13H17Cl2NO2. The Morgan fingerprint density at radius 2 is 2.06 bits per heavy atom. The van der Waals surface area contributed by atoms with E-state index in [0.717, 1.165) is 5.56 Å². The third-order valence-electron chi connectivity index (χ3n) is 2.61. The van der Waals surface area contributed by atoms with Crippen molar-refractivity contribution in [3.05, 3.63) is 33.8 Å². The summed E-state index contributed by atoms with van der Waals surface area (Å²) in [6.45, 7) is 2.15. The zero-order chi connectivity index (χ0) is 13.7. The molecule has 0 bridgehead atoms. The lowest BCUT2D eigenvalue weighted by molar-refractivity contribution is -0.131. The summed E-state index contributed by atoms with van der Waals surface area (Å²) in [7, 11) is 1.73. The highest BCUT2D eigenvalue weighted by Crippen LogP contribution is 2.23. The third kappa shape index (κ3) is 4.84. The molecule has 0 radical (unpaired) electrons. The van der Waals surface area contributed by atoms with Gasteiger partial charge in [-0.15, -0.1) is 0 Å². The van der Waals surface area contributed by atoms with Crippen molar-refractivity contribution in [1.82, 2.24) is 4.90 Å². The van der Waals surface area contributed by atoms with Crippen LogP contribution in [0.5, 0.6) is 0 Å². The second-order valence-corrected chi connectivity index (χ2v) is 5.20. The van der Waals surface area contributed by atoms with Crippen LogP contribution in [0.1, 0.15) is 25.3 Å². The predicted octanol–water partition coefficient (Wildman–Crippen LogP) is 3.11. The minimum Gasteiger partial charge on any atom is -0.393 e. The van der Waals surface area contributed by atoms with Crippen molar-refractivity contribution in [3.8, 4) is 0 Å². The van der Waals surface area contributed by atoms with Gasteiger partial charge in [0.2, 0.25) is 5.91 Å². The van der Waals surface area contributed by atoms with Gasteiger partial charge in [0.05, 0.1) is 16.1 Å². The van der Waals surface area contributed by atoms with Gasteiger partial charge in [0.15, 0.2) is 0 Å². The molecule has 5 heteroatoms. The molecule has 18 heavy (non-hydrogen) atoms. The number of carbonyl (C=O) groups excluding carboxylic acids is 1. The molecule has 0 saturated carbocycles. The number of rotatable bonds is 5. The van der Waals surface area contributed by atoms with Crippen LogP contribution in [-0.4, -0.2) is 29.1 Å². The average molecular weight is 290 g/mol. The first-order valence-electron chi connectivity index (χ1n) is 5.76. The number of aliphatic hydroxyl groups excluding tert-OH is 1. The maximum Gasteiger partial charge on any atom is 0.222 e. The molecule has 3 nitrogen and oxygen atoms in total. The third-order valence-corrected chi connectivity index (χ3v) is 3.34. The number of nitrogens with zero attached hydrogens (tertiary/aromatic N) is 1. The molecule has 1 aromatic rings. The normalized spacial score (nSPS) is 12.3. The lowest BCUT2D eigenvalue weighted by Crippen LogP contribution is -2.26. The van der Waals surface area contributed by atoms with E-state index < -0.39 is 6.10 Å². The number of aliphatic hydroxyl groups is 1. The molecule has 0 fully saturated rings. The number of halogens is 2. The van der Waals surface area contributed by atoms with Crippen molar-refractivity contribution in [3.63, 3.8) is 0 Å². The zero-order valence-corrected chi connectivity index (χ0v) is 12.0. The molecule has 1 N–H and O–H groups in total. The Morgan fingerprint density at radius 1 is 1.39 bits per heavy atom. The lowest BCUT2D eigenvalue weighted by Gasteiger charge is -2.18. The predicted molar refractivity (Wildman–Crippen MR) is 73.9 cm³/mol. The van der Waals surface area contributed by atoms with Crippen LogP contribution >= 0.6 is 23.2 Å². The molecule has 0 aromatic heterocycles. The minimum absolute atomic E-state index is 0.00183. The van der Waals surface area contributed by atoms with Gasteiger partial charge in [-0.2, -0.15) is 0 Å². The molecule has 1 amide bonds. The first-order chi connectivity index (χ1) is 8.40. The van der Waals surface area contributed by atoms with Crippen LogP contribution in [0.2, 0.25) is 10.0 Å². The van der Waals surface area contributed by atoms with Crippen molar-refractivity contribution in [2.45, 2.75) is 32.4 Å². The SMILES string of the molecule is CC(O)CCC(=O)N(C)Cc1ccc(Cl)c(Cl)c1. The molecule has 0 saturated heterocycles. The fourth-order valence-electron chi connectivity index (χ4n) is 1.52. The van der Waals surface area contributed by atoms with Crippen LogP contribution in [-0.2, 0) is 11.3 Å². The minimum atomic E-state index is -0.452. The number of carbonyl (C=O) groups is 1. The molecule has 100 valence electrons. The summed E-state index contributed by atoms with van der Waals surface area (Å²) in [5.41, 5.74) is 0.928. The van der Waals surface area contributed by atoms with Crippen LogP contribution in [0.15, 0.2) is 18.2 Å². The smallest absolute Gasteiger partial charge is 0.222 e. The monoisotopic (exact) mass is 289 g/mol. The van der Waals surface area contributed by atoms with Gasteiger partial charge in [-0.05, 0) is 31.0 Å². The maximum atomic E-state index is 11.8. The van der Waals surface area contributed by atoms with E-state index in [1.54, 1.807) is 31.0 Å². The Hall–Kier alpha value is -0.770. The number of hydrogen-bond acceptors (Lipinski definition) is 2. The molecule has 0 aliphatic rings. The van der Waals surface area contributed by atoms with E-state index in [2.05, 4.69) is 0 Å². The first kappa shape index (κ1) is 15.3. The highest BCUT2D eigenvalue weighted by molar-refractivity contribution is 6.42. The lowest BCUT2D eigenvalue weighted by atomic mass is 10.2. The van der Waals surface area contributed by atoms with Gasteiger partial charge >= 0.3 is 0 Å². The molecular weight excluding hydrogens is 273 g/mol. The van der Waals surface area contributed by atoms with Crippen molar-refractivity contribution in [2.75, 3.05) is 7.05 Å². The van der Waals surface area contributed by atoms with Crippen LogP contribution in [0, 0.1) is 0 Å². The number of hydrogen-bond donors (Lipinski definition) is 1. The second-order valence-electron chi connectivity index (χ2n) is 4.39. The molecule has 1 rings (SSSR count). The van der Waals surface area contributed by atoms with Gasteiger partial charge in [0.1, 0.15) is 0 Å². The van der Waals surface area contributed by atoms with Crippen LogP contribution in [0.25, 0.3) is 0 Å². The molecule has 0 heterocycles. The van der Waals surface area contributed by atoms with Gasteiger partial charge in [-0.1, -0.05) is 29.3 Å². The molecule has 1 aromatic carbocycles. The van der Waals surface area contributed by atoms with Gasteiger partial charge < -0.3 is 10.0 Å². The highest BCUT2D eigenvalue weighted by atomic mass is 35.5. The van der Waals surface area contributed by atoms with Gasteiger partial charge in [0.25, 0.3) is 0 Å². The summed E-state index contributed by atoms with van der Waals surface area (Å²) in [5.74, 6) is 0.00183. The molecule has 1 atom stereocenters. The molecule has 0 aliphatic carbocycles. The van der Waals surface area contributed by atoms with Gasteiger partial charge in [0, 0.05) is 20.0 Å². The summed E-state index contributed by atoms with van der Waals surface area (Å²) < 4.78 is 0. The second kappa shape index (κ2) is 6.98. The largest absolute Gasteiger partial charge is 0.393 e. The summed E-state index contributed by atoms with van der Waals surface area (Å²) in [4.78, 5) is 13.4. The summed E-state index contributed by atoms with van der Waals surface area (Å²) in [6.07, 6.45) is 0.368. The van der Waals surface area contributed by atoms with Crippen LogP contribution in [0.4, 0.5) is 0 Å². The number of benzene rings is 1. The van der Waals surface area contributed by atoms with Crippen molar-refractivity contribution in [1.29, 1.82) is 0 Å². The van der Waals surface area contributed by atoms with Crippen molar-refractivity contribution < 1.29 is 9.90 Å². The van der Waals surface area contributed by atoms with Gasteiger partial charge in [-0.25, -0.2) is 0 Å². The van der Waals surface area contributed by atoms with E-state index >= 15 is 0 Å². The fraction of sp³-hybridized carbons (Fsp3) is 0.462. The topological polar surface area (TPSA) is 40.5 Å². The standard InChI is InChI=1S/C13H17Cl2NO2/c1-9(17)3-6-13(18)16(2)8-10-4-5-11(14)12(15)7-10/h4-5,7,9,17H,3,6,8H2,1-2H3. The van der Waals surface area contributed by atoms with Crippen molar-refractivity contribution in [2.24, 2.45) is 0 Å². The summed E-state index contributed by atoms with van der Waals surface area (Å²) in [6, 6.07) is 5.31. The fourth-order valence-corrected chi connectivity index (χ4v) is 1.84.